The Hall–Kier alpha value is -3.70. The van der Waals surface area contributed by atoms with Crippen LogP contribution in [0.1, 0.15) is 35.6 Å². The van der Waals surface area contributed by atoms with Crippen LogP contribution < -0.4 is 10.6 Å². The fourth-order valence-electron chi connectivity index (χ4n) is 5.13. The smallest absolute Gasteiger partial charge is 0.319 e. The molecule has 5 rings (SSSR count). The molecule has 1 aliphatic rings. The minimum absolute atomic E-state index is 0.116. The molecule has 4 aromatic rings. The Balaban J connectivity index is 1.26. The zero-order chi connectivity index (χ0) is 24.0. The van der Waals surface area contributed by atoms with Crippen molar-refractivity contribution < 1.29 is 4.79 Å². The maximum atomic E-state index is 12.9. The lowest BCUT2D eigenvalue weighted by Crippen LogP contribution is -2.49. The van der Waals surface area contributed by atoms with E-state index in [9.17, 15) is 4.79 Å². The number of carbonyl (C=O) groups excluding carboxylic acids is 1. The van der Waals surface area contributed by atoms with Crippen molar-refractivity contribution in [2.75, 3.05) is 25.0 Å². The quantitative estimate of drug-likeness (QED) is 0.370. The van der Waals surface area contributed by atoms with Crippen molar-refractivity contribution in [2.24, 2.45) is 0 Å². The van der Waals surface area contributed by atoms with Gasteiger partial charge in [0, 0.05) is 36.1 Å². The van der Waals surface area contributed by atoms with Gasteiger partial charge in [0.2, 0.25) is 0 Å². The molecule has 2 heterocycles. The Kier molecular flexibility index (Phi) is 7.05. The second-order valence-electron chi connectivity index (χ2n) is 9.40. The first-order valence-corrected chi connectivity index (χ1v) is 12.4. The first kappa shape index (κ1) is 23.1. The number of amides is 2. The monoisotopic (exact) mass is 464 g/mol. The van der Waals surface area contributed by atoms with Crippen LogP contribution in [0.3, 0.4) is 0 Å². The average Bonchev–Trinajstić information content (AvgIpc) is 2.88. The van der Waals surface area contributed by atoms with E-state index in [1.807, 2.05) is 37.3 Å². The molecule has 1 fully saturated rings. The second kappa shape index (κ2) is 10.7. The van der Waals surface area contributed by atoms with Crippen LogP contribution in [0, 0.1) is 6.92 Å². The highest BCUT2D eigenvalue weighted by Crippen LogP contribution is 2.27. The van der Waals surface area contributed by atoms with Crippen LogP contribution in [0.25, 0.3) is 10.9 Å². The zero-order valence-corrected chi connectivity index (χ0v) is 20.2. The third kappa shape index (κ3) is 5.69. The standard InChI is InChI=1S/C30H32N4O/c1-22-19-29(26-16-8-9-17-28(26)31-22)33-30(35)32-25-15-10-18-34(20-25)21-27(23-11-4-2-5-12-23)24-13-6-3-7-14-24/h2-9,11-14,16-17,19,25,27H,10,15,18,20-21H2,1H3,(H2,31,32,33,35). The van der Waals surface area contributed by atoms with Gasteiger partial charge in [0.15, 0.2) is 0 Å². The number of pyridine rings is 1. The number of carbonyl (C=O) groups is 1. The lowest BCUT2D eigenvalue weighted by molar-refractivity contribution is 0.185. The molecule has 0 bridgehead atoms. The van der Waals surface area contributed by atoms with Gasteiger partial charge in [-0.15, -0.1) is 0 Å². The summed E-state index contributed by atoms with van der Waals surface area (Å²) in [5.74, 6) is 0.302. The number of piperidine rings is 1. The van der Waals surface area contributed by atoms with E-state index < -0.39 is 0 Å². The predicted molar refractivity (Wildman–Crippen MR) is 143 cm³/mol. The number of para-hydroxylation sites is 1. The number of fused-ring (bicyclic) bond motifs is 1. The zero-order valence-electron chi connectivity index (χ0n) is 20.2. The van der Waals surface area contributed by atoms with Gasteiger partial charge in [-0.1, -0.05) is 78.9 Å². The van der Waals surface area contributed by atoms with Gasteiger partial charge in [-0.3, -0.25) is 4.98 Å². The van der Waals surface area contributed by atoms with Crippen LogP contribution in [-0.4, -0.2) is 41.6 Å². The van der Waals surface area contributed by atoms with Crippen molar-refractivity contribution in [3.8, 4) is 0 Å². The fraction of sp³-hybridized carbons (Fsp3) is 0.267. The third-order valence-corrected chi connectivity index (χ3v) is 6.78. The summed E-state index contributed by atoms with van der Waals surface area (Å²) in [6.07, 6.45) is 2.06. The molecule has 35 heavy (non-hydrogen) atoms. The predicted octanol–water partition coefficient (Wildman–Crippen LogP) is 5.96. The Bertz CT molecular complexity index is 1240. The van der Waals surface area contributed by atoms with E-state index >= 15 is 0 Å². The molecular weight excluding hydrogens is 432 g/mol. The van der Waals surface area contributed by atoms with Crippen molar-refractivity contribution in [2.45, 2.75) is 31.7 Å². The normalized spacial score (nSPS) is 16.3. The third-order valence-electron chi connectivity index (χ3n) is 6.78. The summed E-state index contributed by atoms with van der Waals surface area (Å²) < 4.78 is 0. The van der Waals surface area contributed by atoms with E-state index in [0.29, 0.717) is 5.92 Å². The average molecular weight is 465 g/mol. The first-order chi connectivity index (χ1) is 17.2. The number of benzene rings is 3. The topological polar surface area (TPSA) is 57.3 Å². The number of urea groups is 1. The van der Waals surface area contributed by atoms with Crippen LogP contribution in [0.5, 0.6) is 0 Å². The SMILES string of the molecule is Cc1cc(NC(=O)NC2CCCN(CC(c3ccccc3)c3ccccc3)C2)c2ccccc2n1. The number of likely N-dealkylation sites (tertiary alicyclic amines) is 1. The highest BCUT2D eigenvalue weighted by molar-refractivity contribution is 6.00. The summed E-state index contributed by atoms with van der Waals surface area (Å²) in [6, 6.07) is 31.2. The summed E-state index contributed by atoms with van der Waals surface area (Å²) in [6.45, 7) is 4.77. The summed E-state index contributed by atoms with van der Waals surface area (Å²) in [5, 5.41) is 7.24. The molecule has 2 N–H and O–H groups in total. The molecule has 1 saturated heterocycles. The molecule has 2 amide bonds. The van der Waals surface area contributed by atoms with Gasteiger partial charge >= 0.3 is 6.03 Å². The Labute approximate surface area is 207 Å². The number of aromatic nitrogens is 1. The van der Waals surface area contributed by atoms with E-state index in [0.717, 1.165) is 54.8 Å². The molecule has 1 aliphatic heterocycles. The summed E-state index contributed by atoms with van der Waals surface area (Å²) in [4.78, 5) is 20.0. The number of rotatable bonds is 6. The lowest BCUT2D eigenvalue weighted by Gasteiger charge is -2.35. The minimum Gasteiger partial charge on any atom is -0.334 e. The molecular formula is C30H32N4O. The van der Waals surface area contributed by atoms with Crippen molar-refractivity contribution >= 4 is 22.6 Å². The van der Waals surface area contributed by atoms with Gasteiger partial charge < -0.3 is 15.5 Å². The molecule has 5 heteroatoms. The van der Waals surface area contributed by atoms with Gasteiger partial charge in [-0.05, 0) is 49.6 Å². The van der Waals surface area contributed by atoms with Crippen molar-refractivity contribution in [1.29, 1.82) is 0 Å². The Morgan fingerprint density at radius 2 is 1.63 bits per heavy atom. The first-order valence-electron chi connectivity index (χ1n) is 12.4. The van der Waals surface area contributed by atoms with Crippen LogP contribution in [-0.2, 0) is 0 Å². The van der Waals surface area contributed by atoms with Crippen LogP contribution >= 0.6 is 0 Å². The fourth-order valence-corrected chi connectivity index (χ4v) is 5.13. The summed E-state index contributed by atoms with van der Waals surface area (Å²) in [5.41, 5.74) is 5.22. The van der Waals surface area contributed by atoms with Crippen molar-refractivity contribution in [3.63, 3.8) is 0 Å². The van der Waals surface area contributed by atoms with E-state index in [1.54, 1.807) is 0 Å². The van der Waals surface area contributed by atoms with E-state index in [1.165, 1.54) is 11.1 Å². The highest BCUT2D eigenvalue weighted by atomic mass is 16.2. The van der Waals surface area contributed by atoms with Crippen LogP contribution in [0.4, 0.5) is 10.5 Å². The molecule has 0 spiro atoms. The number of aryl methyl sites for hydroxylation is 1. The molecule has 1 unspecified atom stereocenters. The highest BCUT2D eigenvalue weighted by Gasteiger charge is 2.25. The maximum Gasteiger partial charge on any atom is 0.319 e. The largest absolute Gasteiger partial charge is 0.334 e. The Morgan fingerprint density at radius 3 is 2.34 bits per heavy atom. The summed E-state index contributed by atoms with van der Waals surface area (Å²) >= 11 is 0. The van der Waals surface area contributed by atoms with Gasteiger partial charge in [-0.25, -0.2) is 4.79 Å². The molecule has 1 aromatic heterocycles. The Morgan fingerprint density at radius 1 is 0.971 bits per heavy atom. The number of anilines is 1. The van der Waals surface area contributed by atoms with Crippen molar-refractivity contribution in [3.05, 3.63) is 108 Å². The minimum atomic E-state index is -0.157. The molecule has 0 radical (unpaired) electrons. The maximum absolute atomic E-state index is 12.9. The lowest BCUT2D eigenvalue weighted by atomic mass is 9.90. The number of nitrogens with one attached hydrogen (secondary N) is 2. The van der Waals surface area contributed by atoms with Crippen LogP contribution in [0.2, 0.25) is 0 Å². The van der Waals surface area contributed by atoms with E-state index in [-0.39, 0.29) is 12.1 Å². The number of hydrogen-bond acceptors (Lipinski definition) is 3. The van der Waals surface area contributed by atoms with Gasteiger partial charge in [-0.2, -0.15) is 0 Å². The molecule has 1 atom stereocenters. The molecule has 5 nitrogen and oxygen atoms in total. The van der Waals surface area contributed by atoms with E-state index in [2.05, 4.69) is 81.2 Å². The molecule has 0 saturated carbocycles. The van der Waals surface area contributed by atoms with Crippen molar-refractivity contribution in [1.82, 2.24) is 15.2 Å². The summed E-state index contributed by atoms with van der Waals surface area (Å²) in [7, 11) is 0. The van der Waals surface area contributed by atoms with Crippen LogP contribution in [0.15, 0.2) is 91.0 Å². The number of hydrogen-bond donors (Lipinski definition) is 2. The van der Waals surface area contributed by atoms with Gasteiger partial charge in [0.25, 0.3) is 0 Å². The molecule has 0 aliphatic carbocycles. The molecule has 3 aromatic carbocycles. The molecule has 178 valence electrons. The second-order valence-corrected chi connectivity index (χ2v) is 9.40. The van der Waals surface area contributed by atoms with Gasteiger partial charge in [0.1, 0.15) is 0 Å². The number of nitrogens with zero attached hydrogens (tertiary/aromatic N) is 2. The van der Waals surface area contributed by atoms with E-state index in [4.69, 9.17) is 0 Å². The van der Waals surface area contributed by atoms with Gasteiger partial charge in [0.05, 0.1) is 11.2 Å².